The number of halogens is 1. The van der Waals surface area contributed by atoms with Gasteiger partial charge in [-0.25, -0.2) is 14.4 Å². The molecule has 4 heteroatoms. The summed E-state index contributed by atoms with van der Waals surface area (Å²) in [5.74, 6) is 0.524. The maximum atomic E-state index is 13.2. The topological polar surface area (TPSA) is 37.8 Å². The Hall–Kier alpha value is -1.81. The van der Waals surface area contributed by atoms with E-state index >= 15 is 0 Å². The van der Waals surface area contributed by atoms with Gasteiger partial charge in [0.05, 0.1) is 0 Å². The Labute approximate surface area is 125 Å². The van der Waals surface area contributed by atoms with Crippen molar-refractivity contribution in [3.05, 3.63) is 58.4 Å². The Morgan fingerprint density at radius 2 is 1.86 bits per heavy atom. The van der Waals surface area contributed by atoms with E-state index < -0.39 is 0 Å². The van der Waals surface area contributed by atoms with Gasteiger partial charge in [0, 0.05) is 29.9 Å². The molecule has 1 N–H and O–H groups in total. The van der Waals surface area contributed by atoms with Crippen LogP contribution in [-0.2, 0) is 13.0 Å². The minimum atomic E-state index is -0.221. The van der Waals surface area contributed by atoms with Crippen LogP contribution in [0.4, 0.5) is 4.39 Å². The van der Waals surface area contributed by atoms with E-state index in [4.69, 9.17) is 0 Å². The Balaban J connectivity index is 2.15. The molecule has 0 atom stereocenters. The van der Waals surface area contributed by atoms with Gasteiger partial charge in [-0.05, 0) is 44.5 Å². The number of nitrogens with one attached hydrogen (secondary N) is 1. The lowest BCUT2D eigenvalue weighted by Crippen LogP contribution is -2.17. The molecule has 0 aliphatic rings. The van der Waals surface area contributed by atoms with E-state index in [1.165, 1.54) is 12.1 Å². The van der Waals surface area contributed by atoms with Crippen molar-refractivity contribution < 1.29 is 4.39 Å². The molecule has 1 aromatic heterocycles. The second kappa shape index (κ2) is 7.27. The van der Waals surface area contributed by atoms with Crippen LogP contribution in [0.25, 0.3) is 0 Å². The number of aromatic nitrogens is 2. The van der Waals surface area contributed by atoms with Gasteiger partial charge < -0.3 is 5.32 Å². The lowest BCUT2D eigenvalue weighted by atomic mass is 10.1. The predicted octanol–water partition coefficient (Wildman–Crippen LogP) is 3.32. The Kier molecular flexibility index (Phi) is 5.39. The van der Waals surface area contributed by atoms with Crippen LogP contribution >= 0.6 is 0 Å². The molecule has 0 saturated heterocycles. The summed E-state index contributed by atoms with van der Waals surface area (Å²) in [5, 5.41) is 3.38. The summed E-state index contributed by atoms with van der Waals surface area (Å²) in [4.78, 5) is 9.13. The normalized spacial score (nSPS) is 10.9. The maximum Gasteiger partial charge on any atom is 0.133 e. The Morgan fingerprint density at radius 3 is 2.48 bits per heavy atom. The van der Waals surface area contributed by atoms with Gasteiger partial charge in [0.15, 0.2) is 0 Å². The highest BCUT2D eigenvalue weighted by molar-refractivity contribution is 5.26. The molecule has 0 unspecified atom stereocenters. The first-order valence-corrected chi connectivity index (χ1v) is 7.38. The fourth-order valence-corrected chi connectivity index (χ4v) is 2.36. The van der Waals surface area contributed by atoms with Crippen molar-refractivity contribution in [1.82, 2.24) is 15.3 Å². The molecule has 2 aromatic rings. The molecule has 0 saturated carbocycles. The van der Waals surface area contributed by atoms with Crippen LogP contribution in [0.5, 0.6) is 0 Å². The maximum absolute atomic E-state index is 13.2. The van der Waals surface area contributed by atoms with Crippen molar-refractivity contribution in [3.63, 3.8) is 0 Å². The zero-order valence-corrected chi connectivity index (χ0v) is 12.9. The molecular formula is C17H22FN3. The summed E-state index contributed by atoms with van der Waals surface area (Å²) in [6.07, 6.45) is 1.67. The standard InChI is InChI=1S/C17H22FN3/c1-4-8-19-11-16-12(2)20-17(21-13(16)3)10-14-6-5-7-15(18)9-14/h5-7,9,19H,4,8,10-11H2,1-3H3. The molecular weight excluding hydrogens is 265 g/mol. The monoisotopic (exact) mass is 287 g/mol. The molecule has 112 valence electrons. The summed E-state index contributed by atoms with van der Waals surface area (Å²) in [7, 11) is 0. The smallest absolute Gasteiger partial charge is 0.133 e. The summed E-state index contributed by atoms with van der Waals surface area (Å²) < 4.78 is 13.2. The molecule has 1 heterocycles. The first-order valence-electron chi connectivity index (χ1n) is 7.38. The molecule has 0 bridgehead atoms. The number of rotatable bonds is 6. The van der Waals surface area contributed by atoms with E-state index in [9.17, 15) is 4.39 Å². The van der Waals surface area contributed by atoms with Gasteiger partial charge in [-0.1, -0.05) is 19.1 Å². The predicted molar refractivity (Wildman–Crippen MR) is 82.7 cm³/mol. The van der Waals surface area contributed by atoms with Gasteiger partial charge in [-0.2, -0.15) is 0 Å². The first kappa shape index (κ1) is 15.6. The zero-order valence-electron chi connectivity index (χ0n) is 12.9. The summed E-state index contributed by atoms with van der Waals surface area (Å²) in [6.45, 7) is 7.94. The van der Waals surface area contributed by atoms with Crippen molar-refractivity contribution in [2.45, 2.75) is 40.2 Å². The molecule has 21 heavy (non-hydrogen) atoms. The first-order chi connectivity index (χ1) is 10.1. The van der Waals surface area contributed by atoms with Crippen molar-refractivity contribution >= 4 is 0 Å². The quantitative estimate of drug-likeness (QED) is 0.828. The average molecular weight is 287 g/mol. The van der Waals surface area contributed by atoms with Gasteiger partial charge in [0.1, 0.15) is 11.6 Å². The summed E-state index contributed by atoms with van der Waals surface area (Å²) in [6, 6.07) is 6.59. The van der Waals surface area contributed by atoms with Crippen molar-refractivity contribution in [2.75, 3.05) is 6.54 Å². The fraction of sp³-hybridized carbons (Fsp3) is 0.412. The van der Waals surface area contributed by atoms with Gasteiger partial charge in [-0.15, -0.1) is 0 Å². The van der Waals surface area contributed by atoms with E-state index in [1.807, 2.05) is 19.9 Å². The number of hydrogen-bond donors (Lipinski definition) is 1. The lowest BCUT2D eigenvalue weighted by Gasteiger charge is -2.11. The average Bonchev–Trinajstić information content (AvgIpc) is 2.42. The Morgan fingerprint density at radius 1 is 1.14 bits per heavy atom. The second-order valence-electron chi connectivity index (χ2n) is 5.27. The second-order valence-corrected chi connectivity index (χ2v) is 5.27. The van der Waals surface area contributed by atoms with Crippen LogP contribution in [-0.4, -0.2) is 16.5 Å². The van der Waals surface area contributed by atoms with E-state index in [0.29, 0.717) is 6.42 Å². The molecule has 0 aliphatic carbocycles. The molecule has 3 nitrogen and oxygen atoms in total. The van der Waals surface area contributed by atoms with Crippen molar-refractivity contribution in [1.29, 1.82) is 0 Å². The van der Waals surface area contributed by atoms with Crippen molar-refractivity contribution in [2.24, 2.45) is 0 Å². The molecule has 0 aliphatic heterocycles. The van der Waals surface area contributed by atoms with Crippen LogP contribution in [0.3, 0.4) is 0 Å². The van der Waals surface area contributed by atoms with Crippen LogP contribution in [0.1, 0.15) is 41.7 Å². The third-order valence-electron chi connectivity index (χ3n) is 3.45. The van der Waals surface area contributed by atoms with E-state index in [-0.39, 0.29) is 5.82 Å². The highest BCUT2D eigenvalue weighted by Gasteiger charge is 2.09. The van der Waals surface area contributed by atoms with Crippen LogP contribution in [0, 0.1) is 19.7 Å². The zero-order chi connectivity index (χ0) is 15.2. The number of nitrogens with zero attached hydrogens (tertiary/aromatic N) is 2. The largest absolute Gasteiger partial charge is 0.313 e. The van der Waals surface area contributed by atoms with Crippen LogP contribution < -0.4 is 5.32 Å². The number of aryl methyl sites for hydroxylation is 2. The van der Waals surface area contributed by atoms with Crippen LogP contribution in [0.15, 0.2) is 24.3 Å². The minimum absolute atomic E-state index is 0.221. The molecule has 0 radical (unpaired) electrons. The molecule has 2 rings (SSSR count). The van der Waals surface area contributed by atoms with E-state index in [2.05, 4.69) is 22.2 Å². The fourth-order valence-electron chi connectivity index (χ4n) is 2.36. The number of benzene rings is 1. The third kappa shape index (κ3) is 4.33. The molecule has 0 fully saturated rings. The highest BCUT2D eigenvalue weighted by Crippen LogP contribution is 2.13. The van der Waals surface area contributed by atoms with Gasteiger partial charge in [-0.3, -0.25) is 0 Å². The minimum Gasteiger partial charge on any atom is -0.313 e. The summed E-state index contributed by atoms with van der Waals surface area (Å²) >= 11 is 0. The highest BCUT2D eigenvalue weighted by atomic mass is 19.1. The lowest BCUT2D eigenvalue weighted by molar-refractivity contribution is 0.625. The Bertz CT molecular complexity index is 588. The van der Waals surface area contributed by atoms with Crippen LogP contribution in [0.2, 0.25) is 0 Å². The number of hydrogen-bond acceptors (Lipinski definition) is 3. The molecule has 0 spiro atoms. The molecule has 0 amide bonds. The summed E-state index contributed by atoms with van der Waals surface area (Å²) in [5.41, 5.74) is 4.05. The molecule has 1 aromatic carbocycles. The SMILES string of the molecule is CCCNCc1c(C)nc(Cc2cccc(F)c2)nc1C. The van der Waals surface area contributed by atoms with Gasteiger partial charge in [0.25, 0.3) is 0 Å². The van der Waals surface area contributed by atoms with Crippen molar-refractivity contribution in [3.8, 4) is 0 Å². The third-order valence-corrected chi connectivity index (χ3v) is 3.45. The van der Waals surface area contributed by atoms with Gasteiger partial charge >= 0.3 is 0 Å². The van der Waals surface area contributed by atoms with E-state index in [1.54, 1.807) is 6.07 Å². The van der Waals surface area contributed by atoms with E-state index in [0.717, 1.165) is 47.8 Å². The van der Waals surface area contributed by atoms with Gasteiger partial charge in [0.2, 0.25) is 0 Å².